The molecular weight excluding hydrogens is 340 g/mol. The Bertz CT molecular complexity index is 829. The van der Waals surface area contributed by atoms with Crippen molar-refractivity contribution in [2.75, 3.05) is 24.8 Å². The lowest BCUT2D eigenvalue weighted by atomic mass is 9.76. The van der Waals surface area contributed by atoms with Crippen molar-refractivity contribution < 1.29 is 4.74 Å². The zero-order chi connectivity index (χ0) is 18.7. The molecule has 1 heterocycles. The Morgan fingerprint density at radius 2 is 1.92 bits per heavy atom. The molecule has 3 nitrogen and oxygen atoms in total. The number of anilines is 1. The highest BCUT2D eigenvalue weighted by molar-refractivity contribution is 7.98. The van der Waals surface area contributed by atoms with Gasteiger partial charge in [-0.2, -0.15) is 0 Å². The molecule has 3 rings (SSSR count). The molecule has 2 aromatic rings. The molecule has 4 heteroatoms. The van der Waals surface area contributed by atoms with Crippen molar-refractivity contribution in [2.24, 2.45) is 0 Å². The van der Waals surface area contributed by atoms with E-state index in [-0.39, 0.29) is 5.41 Å². The molecule has 136 valence electrons. The summed E-state index contributed by atoms with van der Waals surface area (Å²) < 4.78 is 5.49. The Morgan fingerprint density at radius 3 is 2.50 bits per heavy atom. The Kier molecular flexibility index (Phi) is 5.42. The van der Waals surface area contributed by atoms with Gasteiger partial charge in [0.25, 0.3) is 0 Å². The average Bonchev–Trinajstić information content (AvgIpc) is 2.90. The number of likely N-dealkylation sites (N-methyl/N-ethyl adjacent to an activating group) is 1. The van der Waals surface area contributed by atoms with E-state index in [1.54, 1.807) is 18.9 Å². The summed E-state index contributed by atoms with van der Waals surface area (Å²) in [6, 6.07) is 15.1. The number of hydrogen-bond acceptors (Lipinski definition) is 4. The van der Waals surface area contributed by atoms with Crippen LogP contribution in [0, 0.1) is 5.41 Å². The molecule has 0 amide bonds. The van der Waals surface area contributed by atoms with Crippen molar-refractivity contribution in [1.29, 1.82) is 5.41 Å². The van der Waals surface area contributed by atoms with E-state index >= 15 is 0 Å². The Morgan fingerprint density at radius 1 is 1.19 bits per heavy atom. The number of nitrogens with one attached hydrogen (secondary N) is 1. The minimum Gasteiger partial charge on any atom is -0.497 e. The molecule has 1 aliphatic heterocycles. The minimum absolute atomic E-state index is 0.196. The highest BCUT2D eigenvalue weighted by Crippen LogP contribution is 2.50. The van der Waals surface area contributed by atoms with E-state index in [0.717, 1.165) is 18.7 Å². The summed E-state index contributed by atoms with van der Waals surface area (Å²) in [5.74, 6) is 0.875. The second kappa shape index (κ2) is 7.58. The first-order valence-corrected chi connectivity index (χ1v) is 10.1. The summed E-state index contributed by atoms with van der Waals surface area (Å²) in [5.41, 5.74) is 4.75. The molecule has 0 saturated heterocycles. The van der Waals surface area contributed by atoms with Gasteiger partial charge in [0.1, 0.15) is 5.75 Å². The van der Waals surface area contributed by atoms with Crippen molar-refractivity contribution in [3.8, 4) is 5.75 Å². The molecule has 0 saturated carbocycles. The first kappa shape index (κ1) is 18.6. The van der Waals surface area contributed by atoms with Crippen molar-refractivity contribution in [3.63, 3.8) is 0 Å². The van der Waals surface area contributed by atoms with Crippen LogP contribution in [0.4, 0.5) is 5.69 Å². The lowest BCUT2D eigenvalue weighted by Crippen LogP contribution is -2.30. The van der Waals surface area contributed by atoms with E-state index in [1.807, 2.05) is 12.1 Å². The zero-order valence-electron chi connectivity index (χ0n) is 15.9. The number of allylic oxidation sites excluding steroid dienone is 2. The van der Waals surface area contributed by atoms with Crippen molar-refractivity contribution in [1.82, 2.24) is 0 Å². The Labute approximate surface area is 160 Å². The number of rotatable bonds is 6. The van der Waals surface area contributed by atoms with Gasteiger partial charge >= 0.3 is 0 Å². The number of benzene rings is 2. The summed E-state index contributed by atoms with van der Waals surface area (Å²) in [6.07, 6.45) is 6.32. The quantitative estimate of drug-likeness (QED) is 0.557. The summed E-state index contributed by atoms with van der Waals surface area (Å²) in [7, 11) is 1.71. The van der Waals surface area contributed by atoms with Crippen LogP contribution in [-0.4, -0.2) is 26.1 Å². The van der Waals surface area contributed by atoms with Gasteiger partial charge in [0.15, 0.2) is 0 Å². The molecule has 1 unspecified atom stereocenters. The highest BCUT2D eigenvalue weighted by Gasteiger charge is 2.43. The number of fused-ring (bicyclic) bond motifs is 1. The van der Waals surface area contributed by atoms with Crippen molar-refractivity contribution in [2.45, 2.75) is 30.6 Å². The third-order valence-corrected chi connectivity index (χ3v) is 5.96. The number of nitrogens with zero attached hydrogens (tertiary/aromatic N) is 1. The largest absolute Gasteiger partial charge is 0.497 e. The van der Waals surface area contributed by atoms with Crippen molar-refractivity contribution in [3.05, 3.63) is 65.4 Å². The summed E-state index contributed by atoms with van der Waals surface area (Å²) >= 11 is 1.76. The first-order chi connectivity index (χ1) is 12.6. The SMILES string of the molecule is CCN1/C(=C\C=N)C(C)(Cc2ccc(SC)cc2)c2cc(OC)ccc21. The fourth-order valence-electron chi connectivity index (χ4n) is 3.92. The molecule has 0 aromatic heterocycles. The molecule has 1 atom stereocenters. The third-order valence-electron chi connectivity index (χ3n) is 5.22. The van der Waals surface area contributed by atoms with Gasteiger partial charge in [-0.25, -0.2) is 0 Å². The van der Waals surface area contributed by atoms with Crippen LogP contribution >= 0.6 is 11.8 Å². The van der Waals surface area contributed by atoms with E-state index in [9.17, 15) is 0 Å². The van der Waals surface area contributed by atoms with Gasteiger partial charge < -0.3 is 15.0 Å². The molecule has 0 aliphatic carbocycles. The van der Waals surface area contributed by atoms with Gasteiger partial charge in [0.05, 0.1) is 7.11 Å². The summed E-state index contributed by atoms with van der Waals surface area (Å²) in [6.45, 7) is 5.31. The smallest absolute Gasteiger partial charge is 0.119 e. The maximum Gasteiger partial charge on any atom is 0.119 e. The van der Waals surface area contributed by atoms with Crippen LogP contribution in [0.5, 0.6) is 5.75 Å². The predicted molar refractivity (Wildman–Crippen MR) is 112 cm³/mol. The second-order valence-electron chi connectivity index (χ2n) is 6.70. The van der Waals surface area contributed by atoms with Gasteiger partial charge in [-0.1, -0.05) is 12.1 Å². The van der Waals surface area contributed by atoms with Gasteiger partial charge in [-0.3, -0.25) is 0 Å². The maximum absolute atomic E-state index is 7.67. The number of methoxy groups -OCH3 is 1. The normalized spacial score (nSPS) is 20.3. The molecule has 1 aliphatic rings. The van der Waals surface area contributed by atoms with Gasteiger partial charge in [0.2, 0.25) is 0 Å². The predicted octanol–water partition coefficient (Wildman–Crippen LogP) is 5.29. The van der Waals surface area contributed by atoms with E-state index in [2.05, 4.69) is 61.4 Å². The number of thioether (sulfide) groups is 1. The molecule has 0 bridgehead atoms. The second-order valence-corrected chi connectivity index (χ2v) is 7.58. The monoisotopic (exact) mass is 366 g/mol. The molecule has 1 N–H and O–H groups in total. The van der Waals surface area contributed by atoms with Gasteiger partial charge in [0, 0.05) is 34.5 Å². The van der Waals surface area contributed by atoms with Crippen LogP contribution in [0.25, 0.3) is 0 Å². The lowest BCUT2D eigenvalue weighted by Gasteiger charge is -2.30. The first-order valence-electron chi connectivity index (χ1n) is 8.87. The molecule has 26 heavy (non-hydrogen) atoms. The van der Waals surface area contributed by atoms with E-state index in [1.165, 1.54) is 33.6 Å². The van der Waals surface area contributed by atoms with Crippen LogP contribution in [-0.2, 0) is 11.8 Å². The number of ether oxygens (including phenoxy) is 1. The highest BCUT2D eigenvalue weighted by atomic mass is 32.2. The molecular formula is C22H26N2OS. The Balaban J connectivity index is 2.11. The summed E-state index contributed by atoms with van der Waals surface area (Å²) in [4.78, 5) is 3.59. The maximum atomic E-state index is 7.67. The zero-order valence-corrected chi connectivity index (χ0v) is 16.7. The standard InChI is InChI=1S/C22H26N2OS/c1-5-24-20-11-8-17(25-3)14-19(20)22(2,21(24)12-13-23)15-16-6-9-18(26-4)10-7-16/h6-14,23H,5,15H2,1-4H3/b21-12-,23-13?. The Hall–Kier alpha value is -2.20. The van der Waals surface area contributed by atoms with E-state index < -0.39 is 0 Å². The van der Waals surface area contributed by atoms with Gasteiger partial charge in [-0.15, -0.1) is 11.8 Å². The van der Waals surface area contributed by atoms with Crippen LogP contribution in [0.1, 0.15) is 25.0 Å². The number of hydrogen-bond donors (Lipinski definition) is 1. The van der Waals surface area contributed by atoms with E-state index in [0.29, 0.717) is 0 Å². The van der Waals surface area contributed by atoms with Crippen LogP contribution in [0.3, 0.4) is 0 Å². The molecule has 0 spiro atoms. The van der Waals surface area contributed by atoms with Crippen LogP contribution < -0.4 is 9.64 Å². The van der Waals surface area contributed by atoms with Crippen molar-refractivity contribution >= 4 is 23.7 Å². The lowest BCUT2D eigenvalue weighted by molar-refractivity contribution is 0.413. The minimum atomic E-state index is -0.196. The fourth-order valence-corrected chi connectivity index (χ4v) is 4.32. The van der Waals surface area contributed by atoms with E-state index in [4.69, 9.17) is 10.1 Å². The van der Waals surface area contributed by atoms with Crippen LogP contribution in [0.2, 0.25) is 0 Å². The third kappa shape index (κ3) is 3.14. The molecule has 0 radical (unpaired) electrons. The average molecular weight is 367 g/mol. The summed E-state index contributed by atoms with van der Waals surface area (Å²) in [5, 5.41) is 7.67. The van der Waals surface area contributed by atoms with Crippen LogP contribution in [0.15, 0.2) is 59.1 Å². The molecule has 0 fully saturated rings. The molecule has 2 aromatic carbocycles. The topological polar surface area (TPSA) is 36.3 Å². The van der Waals surface area contributed by atoms with Gasteiger partial charge in [-0.05, 0) is 74.1 Å². The fraction of sp³-hybridized carbons (Fsp3) is 0.318.